The minimum atomic E-state index is -0.352. The van der Waals surface area contributed by atoms with Gasteiger partial charge in [0.2, 0.25) is 5.91 Å². The molecule has 1 aromatic carbocycles. The van der Waals surface area contributed by atoms with Gasteiger partial charge in [-0.2, -0.15) is 0 Å². The number of alkyl halides is 1. The second kappa shape index (κ2) is 6.01. The van der Waals surface area contributed by atoms with E-state index >= 15 is 0 Å². The monoisotopic (exact) mass is 303 g/mol. The number of aryl methyl sites for hydroxylation is 1. The van der Waals surface area contributed by atoms with Gasteiger partial charge in [0.25, 0.3) is 0 Å². The van der Waals surface area contributed by atoms with E-state index in [0.717, 1.165) is 10.0 Å². The van der Waals surface area contributed by atoms with E-state index in [-0.39, 0.29) is 24.0 Å². The highest BCUT2D eigenvalue weighted by Gasteiger charge is 2.09. The number of benzene rings is 1. The molecule has 0 radical (unpaired) electrons. The molecule has 0 fully saturated rings. The Labute approximate surface area is 107 Å². The van der Waals surface area contributed by atoms with Crippen molar-refractivity contribution in [3.05, 3.63) is 28.2 Å². The summed E-state index contributed by atoms with van der Waals surface area (Å²) in [6.45, 7) is 1.95. The molecule has 0 saturated carbocycles. The Hall–Kier alpha value is -0.870. The second-order valence-corrected chi connectivity index (χ2v) is 4.50. The predicted molar refractivity (Wildman–Crippen MR) is 67.9 cm³/mol. The molecule has 0 heterocycles. The van der Waals surface area contributed by atoms with Crippen molar-refractivity contribution >= 4 is 44.9 Å². The molecule has 0 aliphatic carbocycles. The van der Waals surface area contributed by atoms with E-state index in [0.29, 0.717) is 5.69 Å². The minimum Gasteiger partial charge on any atom is -0.325 e. The molecule has 1 amide bonds. The van der Waals surface area contributed by atoms with Crippen molar-refractivity contribution in [2.24, 2.45) is 0 Å². The molecule has 0 bridgehead atoms. The lowest BCUT2D eigenvalue weighted by atomic mass is 10.2. The topological polar surface area (TPSA) is 46.2 Å². The van der Waals surface area contributed by atoms with Crippen molar-refractivity contribution < 1.29 is 9.59 Å². The summed E-state index contributed by atoms with van der Waals surface area (Å²) in [6, 6.07) is 5.55. The molecule has 0 unspecified atom stereocenters. The van der Waals surface area contributed by atoms with Crippen LogP contribution in [0.3, 0.4) is 0 Å². The number of anilines is 1. The number of hydrogen-bond acceptors (Lipinski definition) is 2. The largest absolute Gasteiger partial charge is 0.325 e. The SMILES string of the molecule is Cc1ccc(NC(=O)CC(=O)CCl)c(Br)c1. The summed E-state index contributed by atoms with van der Waals surface area (Å²) in [5.41, 5.74) is 1.74. The third-order valence-electron chi connectivity index (χ3n) is 1.91. The number of halogens is 2. The summed E-state index contributed by atoms with van der Waals surface area (Å²) in [5.74, 6) is -0.778. The van der Waals surface area contributed by atoms with E-state index in [1.807, 2.05) is 19.1 Å². The first-order valence-electron chi connectivity index (χ1n) is 4.66. The molecule has 0 spiro atoms. The molecular weight excluding hydrogens is 293 g/mol. The highest BCUT2D eigenvalue weighted by atomic mass is 79.9. The summed E-state index contributed by atoms with van der Waals surface area (Å²) in [4.78, 5) is 22.4. The van der Waals surface area contributed by atoms with Crippen LogP contribution in [0, 0.1) is 6.92 Å². The van der Waals surface area contributed by atoms with Crippen LogP contribution >= 0.6 is 27.5 Å². The Balaban J connectivity index is 2.66. The maximum atomic E-state index is 11.4. The van der Waals surface area contributed by atoms with E-state index in [2.05, 4.69) is 21.2 Å². The third kappa shape index (κ3) is 3.94. The third-order valence-corrected chi connectivity index (χ3v) is 2.86. The molecule has 0 aromatic heterocycles. The Morgan fingerprint density at radius 3 is 2.69 bits per heavy atom. The molecule has 86 valence electrons. The normalized spacial score (nSPS) is 9.94. The summed E-state index contributed by atoms with van der Waals surface area (Å²) in [7, 11) is 0. The predicted octanol–water partition coefficient (Wildman–Crippen LogP) is 2.89. The van der Waals surface area contributed by atoms with Gasteiger partial charge >= 0.3 is 0 Å². The molecule has 5 heteroatoms. The smallest absolute Gasteiger partial charge is 0.231 e. The first kappa shape index (κ1) is 13.2. The molecule has 1 aromatic rings. The zero-order valence-electron chi connectivity index (χ0n) is 8.72. The molecular formula is C11H11BrClNO2. The molecule has 1 N–H and O–H groups in total. The highest BCUT2D eigenvalue weighted by molar-refractivity contribution is 9.10. The lowest BCUT2D eigenvalue weighted by molar-refractivity contribution is -0.124. The van der Waals surface area contributed by atoms with E-state index in [9.17, 15) is 9.59 Å². The van der Waals surface area contributed by atoms with Crippen LogP contribution in [0.25, 0.3) is 0 Å². The molecule has 0 atom stereocenters. The van der Waals surface area contributed by atoms with Crippen molar-refractivity contribution in [1.82, 2.24) is 0 Å². The van der Waals surface area contributed by atoms with Gasteiger partial charge in [-0.25, -0.2) is 0 Å². The maximum absolute atomic E-state index is 11.4. The van der Waals surface area contributed by atoms with E-state index in [1.165, 1.54) is 0 Å². The lowest BCUT2D eigenvalue weighted by Gasteiger charge is -2.07. The molecule has 0 aliphatic rings. The second-order valence-electron chi connectivity index (χ2n) is 3.38. The zero-order chi connectivity index (χ0) is 12.1. The first-order chi connectivity index (χ1) is 7.52. The van der Waals surface area contributed by atoms with Crippen molar-refractivity contribution in [2.75, 3.05) is 11.2 Å². The molecule has 0 saturated heterocycles. The summed E-state index contributed by atoms with van der Waals surface area (Å²) >= 11 is 8.65. The number of Topliss-reactive ketones (excluding diaryl/α,β-unsaturated/α-hetero) is 1. The van der Waals surface area contributed by atoms with Crippen LogP contribution in [0.4, 0.5) is 5.69 Å². The van der Waals surface area contributed by atoms with Gasteiger partial charge in [-0.3, -0.25) is 9.59 Å². The molecule has 3 nitrogen and oxygen atoms in total. The first-order valence-corrected chi connectivity index (χ1v) is 5.99. The van der Waals surface area contributed by atoms with Crippen molar-refractivity contribution in [3.8, 4) is 0 Å². The average Bonchev–Trinajstić information content (AvgIpc) is 2.22. The summed E-state index contributed by atoms with van der Waals surface area (Å²) in [5, 5.41) is 2.64. The Morgan fingerprint density at radius 1 is 1.44 bits per heavy atom. The van der Waals surface area contributed by atoms with Crippen molar-refractivity contribution in [2.45, 2.75) is 13.3 Å². The lowest BCUT2D eigenvalue weighted by Crippen LogP contribution is -2.17. The number of carbonyl (C=O) groups excluding carboxylic acids is 2. The fourth-order valence-electron chi connectivity index (χ4n) is 1.14. The molecule has 16 heavy (non-hydrogen) atoms. The number of amides is 1. The Morgan fingerprint density at radius 2 is 2.12 bits per heavy atom. The van der Waals surface area contributed by atoms with E-state index < -0.39 is 0 Å². The van der Waals surface area contributed by atoms with Gasteiger partial charge in [0, 0.05) is 4.47 Å². The van der Waals surface area contributed by atoms with Crippen molar-refractivity contribution in [3.63, 3.8) is 0 Å². The fraction of sp³-hybridized carbons (Fsp3) is 0.273. The van der Waals surface area contributed by atoms with Gasteiger partial charge in [0.05, 0.1) is 18.0 Å². The van der Waals surface area contributed by atoms with Crippen LogP contribution < -0.4 is 5.32 Å². The number of rotatable bonds is 4. The van der Waals surface area contributed by atoms with Gasteiger partial charge < -0.3 is 5.32 Å². The number of nitrogens with one attached hydrogen (secondary N) is 1. The maximum Gasteiger partial charge on any atom is 0.231 e. The Kier molecular flexibility index (Phi) is 4.96. The van der Waals surface area contributed by atoms with Crippen LogP contribution in [0.1, 0.15) is 12.0 Å². The van der Waals surface area contributed by atoms with Gasteiger partial charge in [-0.15, -0.1) is 11.6 Å². The minimum absolute atomic E-state index is 0.136. The number of ketones is 1. The molecule has 0 aliphatic heterocycles. The molecule has 1 rings (SSSR count). The number of carbonyl (C=O) groups is 2. The quantitative estimate of drug-likeness (QED) is 0.687. The summed E-state index contributed by atoms with van der Waals surface area (Å²) in [6.07, 6.45) is -0.191. The average molecular weight is 305 g/mol. The van der Waals surface area contributed by atoms with Crippen LogP contribution in [0.2, 0.25) is 0 Å². The van der Waals surface area contributed by atoms with Crippen LogP contribution in [-0.2, 0) is 9.59 Å². The van der Waals surface area contributed by atoms with Crippen LogP contribution in [0.15, 0.2) is 22.7 Å². The fourth-order valence-corrected chi connectivity index (χ4v) is 1.83. The zero-order valence-corrected chi connectivity index (χ0v) is 11.1. The van der Waals surface area contributed by atoms with E-state index in [4.69, 9.17) is 11.6 Å². The van der Waals surface area contributed by atoms with Gasteiger partial charge in [-0.1, -0.05) is 6.07 Å². The van der Waals surface area contributed by atoms with Crippen LogP contribution in [-0.4, -0.2) is 17.6 Å². The van der Waals surface area contributed by atoms with E-state index in [1.54, 1.807) is 6.07 Å². The van der Waals surface area contributed by atoms with Gasteiger partial charge in [-0.05, 0) is 40.5 Å². The van der Waals surface area contributed by atoms with Crippen molar-refractivity contribution in [1.29, 1.82) is 0 Å². The Bertz CT molecular complexity index is 420. The highest BCUT2D eigenvalue weighted by Crippen LogP contribution is 2.23. The van der Waals surface area contributed by atoms with Gasteiger partial charge in [0.1, 0.15) is 0 Å². The number of hydrogen-bond donors (Lipinski definition) is 1. The summed E-state index contributed by atoms with van der Waals surface area (Å²) < 4.78 is 0.791. The van der Waals surface area contributed by atoms with Gasteiger partial charge in [0.15, 0.2) is 5.78 Å². The van der Waals surface area contributed by atoms with Crippen LogP contribution in [0.5, 0.6) is 0 Å². The standard InChI is InChI=1S/C11H11BrClNO2/c1-7-2-3-10(9(12)4-7)14-11(16)5-8(15)6-13/h2-4H,5-6H2,1H3,(H,14,16).